The molecule has 13 nitrogen and oxygen atoms in total. The molecule has 3 atom stereocenters. The zero-order chi connectivity index (χ0) is 38.6. The molecule has 3 N–H and O–H groups in total. The summed E-state index contributed by atoms with van der Waals surface area (Å²) in [5, 5.41) is 16.2. The van der Waals surface area contributed by atoms with Gasteiger partial charge in [-0.25, -0.2) is 14.4 Å². The van der Waals surface area contributed by atoms with Crippen molar-refractivity contribution < 1.29 is 47.8 Å². The molecule has 1 aromatic carbocycles. The monoisotopic (exact) mass is 717 g/mol. The van der Waals surface area contributed by atoms with Gasteiger partial charge in [-0.2, -0.15) is 0 Å². The van der Waals surface area contributed by atoms with Crippen LogP contribution in [0.3, 0.4) is 0 Å². The molecule has 3 amide bonds. The number of hydrogen-bond donors (Lipinski definition) is 3. The minimum Gasteiger partial charge on any atom is -0.459 e. The fraction of sp³-hybridized carbons (Fsp3) is 0.730. The van der Waals surface area contributed by atoms with Gasteiger partial charge in [0.2, 0.25) is 5.91 Å². The zero-order valence-corrected chi connectivity index (χ0v) is 32.6. The Bertz CT molecular complexity index is 1370. The third kappa shape index (κ3) is 11.6. The molecule has 2 fully saturated rings. The summed E-state index contributed by atoms with van der Waals surface area (Å²) in [5.74, 6) is -1.34. The largest absolute Gasteiger partial charge is 0.459 e. The zero-order valence-electron chi connectivity index (χ0n) is 32.6. The molecule has 0 unspecified atom stereocenters. The highest BCUT2D eigenvalue weighted by Crippen LogP contribution is 2.40. The minimum absolute atomic E-state index is 0.00705. The van der Waals surface area contributed by atoms with Gasteiger partial charge in [-0.1, -0.05) is 43.2 Å². The molecular formula is C37H60BN3O10. The first-order chi connectivity index (χ1) is 23.2. The smallest absolute Gasteiger partial charge is 0.457 e. The summed E-state index contributed by atoms with van der Waals surface area (Å²) >= 11 is 0. The van der Waals surface area contributed by atoms with Crippen LogP contribution in [0.5, 0.6) is 0 Å². The van der Waals surface area contributed by atoms with Crippen LogP contribution in [0, 0.1) is 0 Å². The number of ether oxygens (including phenoxy) is 3. The van der Waals surface area contributed by atoms with Crippen LogP contribution >= 0.6 is 0 Å². The molecule has 2 aliphatic heterocycles. The molecule has 2 saturated heterocycles. The number of likely N-dealkylation sites (tertiary alicyclic amines) is 1. The van der Waals surface area contributed by atoms with E-state index in [1.807, 2.05) is 58.0 Å². The SMILES string of the molecule is CC(C)(C)OC(=O)N[C@H](C(=O)N[C@H]1CN(C(=O)OC(C)(C)C)[C@@](CCCCB2OC(C)(C)C(C)(C)O2)(C(=O)OCc2ccccc2)C1)C(C)(C)O. The van der Waals surface area contributed by atoms with E-state index in [1.165, 1.54) is 18.7 Å². The molecule has 0 bridgehead atoms. The Morgan fingerprint density at radius 2 is 1.49 bits per heavy atom. The van der Waals surface area contributed by atoms with E-state index in [4.69, 9.17) is 23.5 Å². The van der Waals surface area contributed by atoms with Gasteiger partial charge < -0.3 is 39.3 Å². The average Bonchev–Trinajstić information content (AvgIpc) is 3.43. The Kier molecular flexibility index (Phi) is 13.0. The van der Waals surface area contributed by atoms with Gasteiger partial charge in [0.15, 0.2) is 0 Å². The molecule has 51 heavy (non-hydrogen) atoms. The Hall–Kier alpha value is -3.36. The fourth-order valence-corrected chi connectivity index (χ4v) is 6.11. The molecule has 2 aliphatic rings. The van der Waals surface area contributed by atoms with Crippen LogP contribution in [-0.4, -0.2) is 93.4 Å². The standard InChI is InChI=1S/C37H60BN3O10/c1-32(2,3)48-30(44)40-27(34(7,8)46)28(42)39-26-22-37(41(23-26)31(45)49-33(4,5)6,29(43)47-24-25-18-14-13-15-19-25)20-16-17-21-38-50-35(9,10)36(11,12)51-38/h13-15,18-19,26-27,46H,16-17,20-24H2,1-12H3,(H,39,42)(H,40,44)/t26-,27-,37-/m1/s1. The Balaban J connectivity index is 1.90. The van der Waals surface area contributed by atoms with Crippen LogP contribution in [0.1, 0.15) is 114 Å². The van der Waals surface area contributed by atoms with E-state index >= 15 is 0 Å². The van der Waals surface area contributed by atoms with Crippen molar-refractivity contribution in [2.45, 2.75) is 167 Å². The number of alkyl carbamates (subject to hydrolysis) is 1. The van der Waals surface area contributed by atoms with Gasteiger partial charge in [-0.15, -0.1) is 0 Å². The van der Waals surface area contributed by atoms with Crippen LogP contribution in [-0.2, 0) is 39.7 Å². The van der Waals surface area contributed by atoms with Crippen LogP contribution in [0.25, 0.3) is 0 Å². The summed E-state index contributed by atoms with van der Waals surface area (Å²) in [6.45, 7) is 20.9. The van der Waals surface area contributed by atoms with Crippen molar-refractivity contribution >= 4 is 31.2 Å². The first-order valence-corrected chi connectivity index (χ1v) is 17.8. The number of hydrogen-bond acceptors (Lipinski definition) is 10. The summed E-state index contributed by atoms with van der Waals surface area (Å²) in [7, 11) is -0.426. The number of nitrogens with one attached hydrogen (secondary N) is 2. The lowest BCUT2D eigenvalue weighted by Gasteiger charge is -2.37. The maximum Gasteiger partial charge on any atom is 0.457 e. The van der Waals surface area contributed by atoms with Crippen molar-refractivity contribution in [1.82, 2.24) is 15.5 Å². The van der Waals surface area contributed by atoms with Crippen LogP contribution in [0.4, 0.5) is 9.59 Å². The third-order valence-corrected chi connectivity index (χ3v) is 9.27. The number of esters is 1. The molecule has 0 saturated carbocycles. The lowest BCUT2D eigenvalue weighted by atomic mass is 9.80. The van der Waals surface area contributed by atoms with Gasteiger partial charge in [0.1, 0.15) is 29.4 Å². The number of amides is 3. The van der Waals surface area contributed by atoms with Gasteiger partial charge in [-0.05, 0) is 101 Å². The second-order valence-corrected chi connectivity index (χ2v) is 17.3. The van der Waals surface area contributed by atoms with E-state index < -0.39 is 76.8 Å². The van der Waals surface area contributed by atoms with Crippen LogP contribution in [0.2, 0.25) is 6.32 Å². The van der Waals surface area contributed by atoms with E-state index in [-0.39, 0.29) is 26.0 Å². The highest BCUT2D eigenvalue weighted by molar-refractivity contribution is 6.45. The predicted octanol–water partition coefficient (Wildman–Crippen LogP) is 5.52. The predicted molar refractivity (Wildman–Crippen MR) is 193 cm³/mol. The van der Waals surface area contributed by atoms with E-state index in [9.17, 15) is 24.3 Å². The quantitative estimate of drug-likeness (QED) is 0.109. The van der Waals surface area contributed by atoms with Crippen molar-refractivity contribution in [1.29, 1.82) is 0 Å². The van der Waals surface area contributed by atoms with Crippen molar-refractivity contribution in [3.8, 4) is 0 Å². The fourth-order valence-electron chi connectivity index (χ4n) is 6.11. The van der Waals surface area contributed by atoms with E-state index in [0.717, 1.165) is 5.56 Å². The molecule has 0 aliphatic carbocycles. The summed E-state index contributed by atoms with van der Waals surface area (Å²) < 4.78 is 29.4. The molecule has 2 heterocycles. The number of unbranched alkanes of at least 4 members (excludes halogenated alkanes) is 1. The third-order valence-electron chi connectivity index (χ3n) is 9.27. The van der Waals surface area contributed by atoms with Gasteiger partial charge in [0.05, 0.1) is 16.8 Å². The number of nitrogens with zero attached hydrogens (tertiary/aromatic N) is 1. The Morgan fingerprint density at radius 3 is 2.02 bits per heavy atom. The summed E-state index contributed by atoms with van der Waals surface area (Å²) in [5.41, 5.74) is -5.11. The van der Waals surface area contributed by atoms with Crippen LogP contribution in [0.15, 0.2) is 30.3 Å². The van der Waals surface area contributed by atoms with Crippen molar-refractivity contribution in [2.24, 2.45) is 0 Å². The molecule has 3 rings (SSSR count). The molecule has 0 aromatic heterocycles. The highest BCUT2D eigenvalue weighted by Gasteiger charge is 2.56. The first kappa shape index (κ1) is 42.1. The summed E-state index contributed by atoms with van der Waals surface area (Å²) in [6.07, 6.45) is 0.281. The normalized spacial score (nSPS) is 22.3. The summed E-state index contributed by atoms with van der Waals surface area (Å²) in [6, 6.07) is 7.04. The second-order valence-electron chi connectivity index (χ2n) is 17.3. The lowest BCUT2D eigenvalue weighted by Crippen LogP contribution is -2.59. The van der Waals surface area contributed by atoms with Gasteiger partial charge >= 0.3 is 25.3 Å². The maximum atomic E-state index is 14.3. The van der Waals surface area contributed by atoms with Crippen molar-refractivity contribution in [2.75, 3.05) is 6.54 Å². The summed E-state index contributed by atoms with van der Waals surface area (Å²) in [4.78, 5) is 55.9. The molecular weight excluding hydrogens is 657 g/mol. The van der Waals surface area contributed by atoms with Gasteiger partial charge in [0.25, 0.3) is 0 Å². The average molecular weight is 718 g/mol. The molecule has 286 valence electrons. The Morgan fingerprint density at radius 1 is 0.922 bits per heavy atom. The Labute approximate surface area is 303 Å². The van der Waals surface area contributed by atoms with Crippen molar-refractivity contribution in [3.05, 3.63) is 35.9 Å². The number of rotatable bonds is 12. The maximum absolute atomic E-state index is 14.3. The highest BCUT2D eigenvalue weighted by atomic mass is 16.7. The number of benzene rings is 1. The number of carbonyl (C=O) groups is 4. The number of carbonyl (C=O) groups excluding carboxylic acids is 4. The van der Waals surface area contributed by atoms with Crippen LogP contribution < -0.4 is 10.6 Å². The first-order valence-electron chi connectivity index (χ1n) is 17.8. The second kappa shape index (κ2) is 15.7. The van der Waals surface area contributed by atoms with Gasteiger partial charge in [-0.3, -0.25) is 9.69 Å². The minimum atomic E-state index is -1.69. The molecule has 1 aromatic rings. The van der Waals surface area contributed by atoms with E-state index in [1.54, 1.807) is 41.5 Å². The van der Waals surface area contributed by atoms with E-state index in [0.29, 0.717) is 19.2 Å². The molecule has 0 radical (unpaired) electrons. The topological polar surface area (TPSA) is 162 Å². The molecule has 14 heteroatoms. The number of aliphatic hydroxyl groups is 1. The molecule has 0 spiro atoms. The van der Waals surface area contributed by atoms with Gasteiger partial charge in [0, 0.05) is 19.0 Å². The van der Waals surface area contributed by atoms with E-state index in [2.05, 4.69) is 10.6 Å². The van der Waals surface area contributed by atoms with Crippen molar-refractivity contribution in [3.63, 3.8) is 0 Å². The lowest BCUT2D eigenvalue weighted by molar-refractivity contribution is -0.158.